The second kappa shape index (κ2) is 13.2. The lowest BCUT2D eigenvalue weighted by molar-refractivity contribution is 0.666. The van der Waals surface area contributed by atoms with Gasteiger partial charge in [-0.05, 0) is 90.7 Å². The van der Waals surface area contributed by atoms with E-state index in [1.165, 1.54) is 38.6 Å². The van der Waals surface area contributed by atoms with Crippen LogP contribution in [0.2, 0.25) is 0 Å². The van der Waals surface area contributed by atoms with Crippen LogP contribution in [-0.4, -0.2) is 15.0 Å². The Morgan fingerprint density at radius 1 is 0.345 bits per heavy atom. The first-order chi connectivity index (χ1) is 27.0. The summed E-state index contributed by atoms with van der Waals surface area (Å²) >= 11 is 0. The molecule has 0 amide bonds. The molecule has 0 atom stereocenters. The van der Waals surface area contributed by atoms with Crippen molar-refractivity contribution in [1.82, 2.24) is 15.0 Å². The first-order valence-electron chi connectivity index (χ1n) is 18.9. The van der Waals surface area contributed by atoms with Crippen molar-refractivity contribution < 1.29 is 0 Å². The lowest BCUT2D eigenvalue weighted by atomic mass is 9.79. The molecule has 0 unspecified atom stereocenters. The molecular weight excluding hydrogens is 667 g/mol. The molecule has 0 bridgehead atoms. The van der Waals surface area contributed by atoms with Gasteiger partial charge in [0, 0.05) is 22.1 Å². The Balaban J connectivity index is 1.16. The second-order valence-electron chi connectivity index (χ2n) is 14.8. The molecule has 0 saturated carbocycles. The summed E-state index contributed by atoms with van der Waals surface area (Å²) in [6, 6.07) is 66.6. The molecule has 0 saturated heterocycles. The predicted octanol–water partition coefficient (Wildman–Crippen LogP) is 13.3. The smallest absolute Gasteiger partial charge is 0.164 e. The number of rotatable bonds is 6. The molecule has 10 rings (SSSR count). The van der Waals surface area contributed by atoms with E-state index in [1.54, 1.807) is 0 Å². The molecule has 8 aromatic carbocycles. The molecule has 55 heavy (non-hydrogen) atoms. The third-order valence-corrected chi connectivity index (χ3v) is 11.1. The van der Waals surface area contributed by atoms with Crippen molar-refractivity contribution in [1.29, 1.82) is 0 Å². The van der Waals surface area contributed by atoms with Gasteiger partial charge in [0.25, 0.3) is 0 Å². The van der Waals surface area contributed by atoms with E-state index in [2.05, 4.69) is 190 Å². The number of nitrogens with zero attached hydrogens (tertiary/aromatic N) is 3. The lowest BCUT2D eigenvalue weighted by Crippen LogP contribution is -2.15. The Bertz CT molecular complexity index is 2790. The van der Waals surface area contributed by atoms with Gasteiger partial charge in [0.2, 0.25) is 0 Å². The SMILES string of the molecule is CC1(C)c2ccccc2-c2c(-c3cccc(-c4nc(-c5cccc(-c6ccccc6)c5)nc(-c5cccc(-c6ccccc6)c5)n4)c3)cc3ccccc3c21. The van der Waals surface area contributed by atoms with Gasteiger partial charge in [0.05, 0.1) is 0 Å². The molecule has 0 N–H and O–H groups in total. The molecule has 0 radical (unpaired) electrons. The normalized spacial score (nSPS) is 12.7. The molecule has 1 heterocycles. The first-order valence-corrected chi connectivity index (χ1v) is 18.9. The second-order valence-corrected chi connectivity index (χ2v) is 14.8. The van der Waals surface area contributed by atoms with Gasteiger partial charge in [0.1, 0.15) is 0 Å². The number of hydrogen-bond donors (Lipinski definition) is 0. The van der Waals surface area contributed by atoms with Crippen LogP contribution < -0.4 is 0 Å². The van der Waals surface area contributed by atoms with Crippen LogP contribution in [0.5, 0.6) is 0 Å². The van der Waals surface area contributed by atoms with Crippen LogP contribution in [0, 0.1) is 0 Å². The summed E-state index contributed by atoms with van der Waals surface area (Å²) in [6.07, 6.45) is 0. The van der Waals surface area contributed by atoms with Crippen LogP contribution in [0.25, 0.3) is 89.4 Å². The summed E-state index contributed by atoms with van der Waals surface area (Å²) < 4.78 is 0. The zero-order chi connectivity index (χ0) is 36.9. The van der Waals surface area contributed by atoms with Crippen molar-refractivity contribution >= 4 is 10.8 Å². The Morgan fingerprint density at radius 3 is 1.36 bits per heavy atom. The molecule has 0 fully saturated rings. The third kappa shape index (κ3) is 5.73. The van der Waals surface area contributed by atoms with Gasteiger partial charge in [0.15, 0.2) is 17.5 Å². The number of aromatic nitrogens is 3. The molecule has 1 aliphatic carbocycles. The van der Waals surface area contributed by atoms with Gasteiger partial charge < -0.3 is 0 Å². The predicted molar refractivity (Wildman–Crippen MR) is 228 cm³/mol. The van der Waals surface area contributed by atoms with Crippen LogP contribution in [0.4, 0.5) is 0 Å². The van der Waals surface area contributed by atoms with Gasteiger partial charge in [-0.15, -0.1) is 0 Å². The number of hydrogen-bond acceptors (Lipinski definition) is 3. The van der Waals surface area contributed by atoms with Gasteiger partial charge in [-0.2, -0.15) is 0 Å². The van der Waals surface area contributed by atoms with E-state index < -0.39 is 0 Å². The van der Waals surface area contributed by atoms with Gasteiger partial charge in [-0.25, -0.2) is 15.0 Å². The third-order valence-electron chi connectivity index (χ3n) is 11.1. The minimum absolute atomic E-state index is 0.139. The van der Waals surface area contributed by atoms with E-state index in [0.29, 0.717) is 17.5 Å². The lowest BCUT2D eigenvalue weighted by Gasteiger charge is -2.24. The summed E-state index contributed by atoms with van der Waals surface area (Å²) in [7, 11) is 0. The topological polar surface area (TPSA) is 38.7 Å². The summed E-state index contributed by atoms with van der Waals surface area (Å²) in [5.41, 5.74) is 14.9. The highest BCUT2D eigenvalue weighted by Gasteiger charge is 2.38. The van der Waals surface area contributed by atoms with Crippen LogP contribution >= 0.6 is 0 Å². The quantitative estimate of drug-likeness (QED) is 0.173. The monoisotopic (exact) mass is 703 g/mol. The summed E-state index contributed by atoms with van der Waals surface area (Å²) in [4.78, 5) is 15.6. The fourth-order valence-corrected chi connectivity index (χ4v) is 8.41. The minimum Gasteiger partial charge on any atom is -0.208 e. The highest BCUT2D eigenvalue weighted by atomic mass is 15.0. The Hall–Kier alpha value is -6.97. The van der Waals surface area contributed by atoms with Crippen LogP contribution in [-0.2, 0) is 5.41 Å². The Morgan fingerprint density at radius 2 is 0.782 bits per heavy atom. The van der Waals surface area contributed by atoms with Crippen LogP contribution in [0.3, 0.4) is 0 Å². The van der Waals surface area contributed by atoms with Crippen molar-refractivity contribution in [2.24, 2.45) is 0 Å². The van der Waals surface area contributed by atoms with E-state index in [1.807, 2.05) is 12.1 Å². The summed E-state index contributed by atoms with van der Waals surface area (Å²) in [6.45, 7) is 4.72. The van der Waals surface area contributed by atoms with Gasteiger partial charge >= 0.3 is 0 Å². The fraction of sp³-hybridized carbons (Fsp3) is 0.0577. The average Bonchev–Trinajstić information content (AvgIpc) is 3.50. The summed E-state index contributed by atoms with van der Waals surface area (Å²) in [5.74, 6) is 1.90. The van der Waals surface area contributed by atoms with Gasteiger partial charge in [-0.3, -0.25) is 0 Å². The Labute approximate surface area is 321 Å². The molecule has 3 nitrogen and oxygen atoms in total. The molecule has 0 spiro atoms. The zero-order valence-corrected chi connectivity index (χ0v) is 30.7. The van der Waals surface area contributed by atoms with Crippen molar-refractivity contribution in [3.05, 3.63) is 199 Å². The molecule has 0 aliphatic heterocycles. The number of benzene rings is 8. The molecule has 3 heteroatoms. The molecule has 1 aliphatic rings. The van der Waals surface area contributed by atoms with E-state index in [9.17, 15) is 0 Å². The van der Waals surface area contributed by atoms with E-state index >= 15 is 0 Å². The molecule has 9 aromatic rings. The maximum absolute atomic E-state index is 5.21. The van der Waals surface area contributed by atoms with E-state index in [4.69, 9.17) is 15.0 Å². The highest BCUT2D eigenvalue weighted by Crippen LogP contribution is 2.54. The average molecular weight is 704 g/mol. The maximum atomic E-state index is 5.21. The van der Waals surface area contributed by atoms with Crippen molar-refractivity contribution in [3.63, 3.8) is 0 Å². The van der Waals surface area contributed by atoms with E-state index in [-0.39, 0.29) is 5.41 Å². The van der Waals surface area contributed by atoms with Crippen molar-refractivity contribution in [3.8, 4) is 78.7 Å². The highest BCUT2D eigenvalue weighted by molar-refractivity contribution is 6.05. The molecule has 260 valence electrons. The number of fused-ring (bicyclic) bond motifs is 5. The molecule has 1 aromatic heterocycles. The summed E-state index contributed by atoms with van der Waals surface area (Å²) in [5, 5.41) is 2.55. The fourth-order valence-electron chi connectivity index (χ4n) is 8.41. The Kier molecular flexibility index (Phi) is 7.81. The van der Waals surface area contributed by atoms with Crippen LogP contribution in [0.1, 0.15) is 25.0 Å². The zero-order valence-electron chi connectivity index (χ0n) is 30.7. The minimum atomic E-state index is -0.139. The van der Waals surface area contributed by atoms with Crippen molar-refractivity contribution in [2.45, 2.75) is 19.3 Å². The largest absolute Gasteiger partial charge is 0.208 e. The first kappa shape index (κ1) is 32.7. The van der Waals surface area contributed by atoms with Crippen molar-refractivity contribution in [2.75, 3.05) is 0 Å². The maximum Gasteiger partial charge on any atom is 0.164 e. The standard InChI is InChI=1S/C52H37N3/c1-52(2)46-29-12-11-28-44(46)47-45(33-39-20-9-10-27-43(39)48(47)52)38-23-15-26-42(32-38)51-54-49(40-24-13-21-36(30-40)34-16-5-3-6-17-34)53-50(55-51)41-25-14-22-37(31-41)35-18-7-4-8-19-35/h3-33H,1-2H3. The van der Waals surface area contributed by atoms with Crippen LogP contribution in [0.15, 0.2) is 188 Å². The van der Waals surface area contributed by atoms with E-state index in [0.717, 1.165) is 44.5 Å². The molecular formula is C52H37N3. The van der Waals surface area contributed by atoms with Gasteiger partial charge in [-0.1, -0.05) is 178 Å².